The molecule has 1 aliphatic carbocycles. The van der Waals surface area contributed by atoms with Gasteiger partial charge in [-0.3, -0.25) is 10.1 Å². The summed E-state index contributed by atoms with van der Waals surface area (Å²) in [6, 6.07) is 1.71. The molecule has 0 unspecified atom stereocenters. The van der Waals surface area contributed by atoms with Crippen molar-refractivity contribution in [2.75, 3.05) is 11.9 Å². The van der Waals surface area contributed by atoms with Crippen LogP contribution in [0.5, 0.6) is 0 Å². The molecule has 0 radical (unpaired) electrons. The van der Waals surface area contributed by atoms with E-state index in [1.807, 2.05) is 5.32 Å². The number of rotatable bonds is 6. The lowest BCUT2D eigenvalue weighted by molar-refractivity contribution is -0.189. The highest BCUT2D eigenvalue weighted by atomic mass is 32.2. The Bertz CT molecular complexity index is 1140. The van der Waals surface area contributed by atoms with E-state index in [1.165, 1.54) is 4.72 Å². The summed E-state index contributed by atoms with van der Waals surface area (Å²) < 4.78 is 117. The van der Waals surface area contributed by atoms with Crippen LogP contribution in [0.15, 0.2) is 23.1 Å². The van der Waals surface area contributed by atoms with Crippen molar-refractivity contribution in [3.63, 3.8) is 0 Å². The smallest absolute Gasteiger partial charge is 0.296 e. The molecule has 0 bridgehead atoms. The van der Waals surface area contributed by atoms with Gasteiger partial charge in [0, 0.05) is 0 Å². The molecule has 2 N–H and O–H groups in total. The van der Waals surface area contributed by atoms with E-state index in [0.29, 0.717) is 42.4 Å². The van der Waals surface area contributed by atoms with Crippen LogP contribution in [0.1, 0.15) is 41.0 Å². The number of nitrogens with zero attached hydrogens (tertiary/aromatic N) is 2. The topological polar surface area (TPSA) is 101 Å². The van der Waals surface area contributed by atoms with Crippen LogP contribution in [-0.2, 0) is 15.4 Å². The molecule has 3 rings (SSSR count). The third-order valence-corrected chi connectivity index (χ3v) is 7.45. The van der Waals surface area contributed by atoms with E-state index >= 15 is 0 Å². The van der Waals surface area contributed by atoms with Crippen molar-refractivity contribution >= 4 is 32.4 Å². The predicted octanol–water partition coefficient (Wildman–Crippen LogP) is 4.14. The molecule has 1 aromatic heterocycles. The number of anilines is 1. The Morgan fingerprint density at radius 2 is 1.73 bits per heavy atom. The van der Waals surface area contributed by atoms with Crippen LogP contribution in [-0.4, -0.2) is 43.4 Å². The Labute approximate surface area is 186 Å². The number of carbonyl (C=O) groups excluding carboxylic acids is 1. The minimum absolute atomic E-state index is 0.196. The van der Waals surface area contributed by atoms with Crippen LogP contribution in [0.2, 0.25) is 0 Å². The van der Waals surface area contributed by atoms with Crippen LogP contribution in [0.4, 0.5) is 35.9 Å². The van der Waals surface area contributed by atoms with Gasteiger partial charge in [0.15, 0.2) is 0 Å². The first-order chi connectivity index (χ1) is 15.1. The van der Waals surface area contributed by atoms with E-state index < -0.39 is 56.5 Å². The van der Waals surface area contributed by atoms with E-state index in [-0.39, 0.29) is 23.0 Å². The fourth-order valence-electron chi connectivity index (χ4n) is 3.33. The zero-order valence-electron chi connectivity index (χ0n) is 16.3. The SMILES string of the molecule is O=C(Nc1nnc(C2(C(F)(F)F)CCCC2)s1)c1cc(S(=O)(=O)NCC(F)(F)F)ccc1F. The number of benzene rings is 1. The summed E-state index contributed by atoms with van der Waals surface area (Å²) in [5.41, 5.74) is -3.06. The summed E-state index contributed by atoms with van der Waals surface area (Å²) in [6.45, 7) is -1.89. The molecular weight excluding hydrogens is 505 g/mol. The first-order valence-electron chi connectivity index (χ1n) is 9.23. The van der Waals surface area contributed by atoms with Crippen LogP contribution >= 0.6 is 11.3 Å². The Morgan fingerprint density at radius 1 is 1.09 bits per heavy atom. The van der Waals surface area contributed by atoms with Gasteiger partial charge >= 0.3 is 12.4 Å². The number of sulfonamides is 1. The maximum Gasteiger partial charge on any atom is 0.402 e. The van der Waals surface area contributed by atoms with E-state index in [2.05, 4.69) is 10.2 Å². The summed E-state index contributed by atoms with van der Waals surface area (Å²) in [5.74, 6) is -2.48. The number of aromatic nitrogens is 2. The van der Waals surface area contributed by atoms with Crippen molar-refractivity contribution in [3.05, 3.63) is 34.6 Å². The van der Waals surface area contributed by atoms with E-state index in [9.17, 15) is 43.9 Å². The molecule has 2 aromatic rings. The van der Waals surface area contributed by atoms with Crippen LogP contribution in [0.3, 0.4) is 0 Å². The second-order valence-electron chi connectivity index (χ2n) is 7.23. The van der Waals surface area contributed by atoms with Crippen molar-refractivity contribution in [1.82, 2.24) is 14.9 Å². The molecule has 182 valence electrons. The lowest BCUT2D eigenvalue weighted by Crippen LogP contribution is -2.39. The van der Waals surface area contributed by atoms with Crippen molar-refractivity contribution in [2.45, 2.75) is 48.3 Å². The van der Waals surface area contributed by atoms with Crippen LogP contribution in [0, 0.1) is 5.82 Å². The fourth-order valence-corrected chi connectivity index (χ4v) is 5.38. The van der Waals surface area contributed by atoms with Crippen LogP contribution in [0.25, 0.3) is 0 Å². The number of amides is 1. The highest BCUT2D eigenvalue weighted by molar-refractivity contribution is 7.89. The lowest BCUT2D eigenvalue weighted by atomic mass is 9.86. The van der Waals surface area contributed by atoms with E-state index in [4.69, 9.17) is 0 Å². The first kappa shape index (κ1) is 25.3. The molecule has 0 aliphatic heterocycles. The van der Waals surface area contributed by atoms with Gasteiger partial charge in [-0.05, 0) is 31.0 Å². The molecular formula is C17H15F7N4O3S2. The number of hydrogen-bond donors (Lipinski definition) is 2. The van der Waals surface area contributed by atoms with E-state index in [0.717, 1.165) is 0 Å². The number of hydrogen-bond acceptors (Lipinski definition) is 6. The summed E-state index contributed by atoms with van der Waals surface area (Å²) in [5, 5.41) is 8.34. The fraction of sp³-hybridized carbons (Fsp3) is 0.471. The average molecular weight is 520 g/mol. The van der Waals surface area contributed by atoms with E-state index in [1.54, 1.807) is 0 Å². The van der Waals surface area contributed by atoms with Gasteiger partial charge in [0.1, 0.15) is 22.8 Å². The molecule has 0 atom stereocenters. The molecule has 1 amide bonds. The highest BCUT2D eigenvalue weighted by Crippen LogP contribution is 2.53. The molecule has 1 aliphatic rings. The molecule has 1 heterocycles. The normalized spacial score (nSPS) is 16.7. The van der Waals surface area contributed by atoms with Crippen molar-refractivity contribution in [2.24, 2.45) is 0 Å². The monoisotopic (exact) mass is 520 g/mol. The molecule has 33 heavy (non-hydrogen) atoms. The molecule has 1 fully saturated rings. The molecule has 7 nitrogen and oxygen atoms in total. The molecule has 0 spiro atoms. The van der Waals surface area contributed by atoms with Crippen molar-refractivity contribution in [1.29, 1.82) is 0 Å². The van der Waals surface area contributed by atoms with Gasteiger partial charge in [0.2, 0.25) is 15.2 Å². The lowest BCUT2D eigenvalue weighted by Gasteiger charge is -2.28. The highest BCUT2D eigenvalue weighted by Gasteiger charge is 2.59. The number of nitrogens with one attached hydrogen (secondary N) is 2. The molecule has 1 saturated carbocycles. The van der Waals surface area contributed by atoms with Crippen molar-refractivity contribution < 1.29 is 43.9 Å². The molecule has 16 heteroatoms. The predicted molar refractivity (Wildman–Crippen MR) is 102 cm³/mol. The van der Waals surface area contributed by atoms with Crippen molar-refractivity contribution in [3.8, 4) is 0 Å². The zero-order valence-corrected chi connectivity index (χ0v) is 18.0. The quantitative estimate of drug-likeness (QED) is 0.558. The minimum atomic E-state index is -4.85. The Hall–Kier alpha value is -2.33. The van der Waals surface area contributed by atoms with Gasteiger partial charge < -0.3 is 0 Å². The summed E-state index contributed by atoms with van der Waals surface area (Å²) in [4.78, 5) is 11.6. The number of carbonyl (C=O) groups is 1. The molecule has 1 aromatic carbocycles. The number of halogens is 7. The maximum absolute atomic E-state index is 14.1. The Balaban J connectivity index is 1.82. The second kappa shape index (κ2) is 8.79. The standard InChI is InChI=1S/C17H15F7N4O3S2/c18-11-4-3-9(33(30,31)25-8-16(19,20)21)7-10(11)12(29)26-14-28-27-13(32-14)15(17(22,23)24)5-1-2-6-15/h3-4,7,25H,1-2,5-6,8H2,(H,26,28,29). The summed E-state index contributed by atoms with van der Waals surface area (Å²) in [6.07, 6.45) is -9.18. The largest absolute Gasteiger partial charge is 0.402 e. The number of alkyl halides is 6. The van der Waals surface area contributed by atoms with Crippen LogP contribution < -0.4 is 10.0 Å². The third kappa shape index (κ3) is 5.43. The minimum Gasteiger partial charge on any atom is -0.296 e. The summed E-state index contributed by atoms with van der Waals surface area (Å²) >= 11 is 0.453. The maximum atomic E-state index is 14.1. The van der Waals surface area contributed by atoms with Gasteiger partial charge in [-0.15, -0.1) is 10.2 Å². The van der Waals surface area contributed by atoms with Gasteiger partial charge in [-0.1, -0.05) is 24.2 Å². The van der Waals surface area contributed by atoms with Gasteiger partial charge in [0.05, 0.1) is 10.5 Å². The van der Waals surface area contributed by atoms with Gasteiger partial charge in [-0.2, -0.15) is 26.3 Å². The zero-order chi connectivity index (χ0) is 24.7. The van der Waals surface area contributed by atoms with Gasteiger partial charge in [0.25, 0.3) is 5.91 Å². The average Bonchev–Trinajstić information content (AvgIpc) is 3.36. The molecule has 0 saturated heterocycles. The Morgan fingerprint density at radius 3 is 2.30 bits per heavy atom. The Kier molecular flexibility index (Phi) is 6.74. The second-order valence-corrected chi connectivity index (χ2v) is 9.98. The third-order valence-electron chi connectivity index (χ3n) is 5.01. The van der Waals surface area contributed by atoms with Gasteiger partial charge in [-0.25, -0.2) is 17.5 Å². The first-order valence-corrected chi connectivity index (χ1v) is 11.5. The summed E-state index contributed by atoms with van der Waals surface area (Å²) in [7, 11) is -4.74.